The van der Waals surface area contributed by atoms with Crippen molar-refractivity contribution in [3.63, 3.8) is 0 Å². The van der Waals surface area contributed by atoms with Gasteiger partial charge in [0.25, 0.3) is 0 Å². The number of hydrogen-bond acceptors (Lipinski definition) is 3. The van der Waals surface area contributed by atoms with Crippen LogP contribution in [0.15, 0.2) is 23.1 Å². The quantitative estimate of drug-likeness (QED) is 0.473. The summed E-state index contributed by atoms with van der Waals surface area (Å²) >= 11 is 1.49. The maximum absolute atomic E-state index is 9.31. The van der Waals surface area contributed by atoms with E-state index in [0.717, 1.165) is 12.3 Å². The number of phenolic OH excluding ortho intramolecular Hbond substituents is 2. The Morgan fingerprint density at radius 2 is 2.08 bits per heavy atom. The largest absolute Gasteiger partial charge is 0.508 e. The van der Waals surface area contributed by atoms with Gasteiger partial charge in [0.15, 0.2) is 0 Å². The summed E-state index contributed by atoms with van der Waals surface area (Å²) in [6.45, 7) is 0.805. The molecule has 0 amide bonds. The van der Waals surface area contributed by atoms with Gasteiger partial charge in [-0.1, -0.05) is 0 Å². The predicted molar refractivity (Wildman–Crippen MR) is 48.3 cm³/mol. The Bertz CT molecular complexity index is 265. The minimum absolute atomic E-state index is 0.180. The van der Waals surface area contributed by atoms with Gasteiger partial charge in [-0.25, -0.2) is 0 Å². The predicted octanol–water partition coefficient (Wildman–Crippen LogP) is 0.432. The summed E-state index contributed by atoms with van der Waals surface area (Å²) in [5.41, 5.74) is 3.69. The molecule has 0 aromatic heterocycles. The molecule has 0 aliphatic rings. The van der Waals surface area contributed by atoms with Crippen molar-refractivity contribution in [2.45, 2.75) is 4.90 Å². The van der Waals surface area contributed by atoms with Gasteiger partial charge in [-0.2, -0.15) is 0 Å². The van der Waals surface area contributed by atoms with Crippen LogP contribution in [0.25, 0.3) is 0 Å². The van der Waals surface area contributed by atoms with E-state index in [0.29, 0.717) is 4.90 Å². The van der Waals surface area contributed by atoms with E-state index < -0.39 is 0 Å². The molecule has 3 nitrogen and oxygen atoms in total. The molecular weight excluding hydrogens is 174 g/mol. The fraction of sp³-hybridized carbons (Fsp3) is 0.250. The molecule has 5 N–H and O–H groups in total. The van der Waals surface area contributed by atoms with E-state index in [-0.39, 0.29) is 11.5 Å². The number of quaternary nitrogens is 1. The zero-order valence-electron chi connectivity index (χ0n) is 6.66. The van der Waals surface area contributed by atoms with Gasteiger partial charge in [0.05, 0.1) is 11.4 Å². The minimum atomic E-state index is 0.180. The molecule has 1 aromatic carbocycles. The highest BCUT2D eigenvalue weighted by atomic mass is 32.2. The Balaban J connectivity index is 2.75. The van der Waals surface area contributed by atoms with Crippen molar-refractivity contribution in [2.24, 2.45) is 0 Å². The number of hydrogen-bond donors (Lipinski definition) is 3. The fourth-order valence-corrected chi connectivity index (χ4v) is 1.58. The summed E-state index contributed by atoms with van der Waals surface area (Å²) in [6.07, 6.45) is 0. The summed E-state index contributed by atoms with van der Waals surface area (Å²) in [5.74, 6) is 1.24. The van der Waals surface area contributed by atoms with Gasteiger partial charge < -0.3 is 15.9 Å². The van der Waals surface area contributed by atoms with Gasteiger partial charge in [-0.3, -0.25) is 0 Å². The third-order valence-corrected chi connectivity index (χ3v) is 2.48. The lowest BCUT2D eigenvalue weighted by Gasteiger charge is -2.02. The third kappa shape index (κ3) is 2.32. The average molecular weight is 186 g/mol. The van der Waals surface area contributed by atoms with Gasteiger partial charge in [0.2, 0.25) is 0 Å². The number of thioether (sulfide) groups is 1. The molecule has 12 heavy (non-hydrogen) atoms. The lowest BCUT2D eigenvalue weighted by Crippen LogP contribution is -2.51. The molecule has 0 bridgehead atoms. The Labute approximate surface area is 75.2 Å². The van der Waals surface area contributed by atoms with Crippen molar-refractivity contribution >= 4 is 11.8 Å². The lowest BCUT2D eigenvalue weighted by atomic mass is 10.3. The normalized spacial score (nSPS) is 10.1. The fourth-order valence-electron chi connectivity index (χ4n) is 0.801. The summed E-state index contributed by atoms with van der Waals surface area (Å²) in [7, 11) is 0. The Kier molecular flexibility index (Phi) is 3.25. The van der Waals surface area contributed by atoms with Crippen molar-refractivity contribution in [3.05, 3.63) is 18.2 Å². The van der Waals surface area contributed by atoms with Crippen molar-refractivity contribution < 1.29 is 15.9 Å². The molecule has 66 valence electrons. The highest BCUT2D eigenvalue weighted by molar-refractivity contribution is 7.99. The first-order valence-electron chi connectivity index (χ1n) is 3.68. The highest BCUT2D eigenvalue weighted by Crippen LogP contribution is 2.30. The van der Waals surface area contributed by atoms with Crippen LogP contribution in [0.1, 0.15) is 0 Å². The molecule has 4 heteroatoms. The van der Waals surface area contributed by atoms with Crippen molar-refractivity contribution in [1.29, 1.82) is 0 Å². The Morgan fingerprint density at radius 3 is 2.75 bits per heavy atom. The molecule has 0 aliphatic heterocycles. The van der Waals surface area contributed by atoms with Crippen LogP contribution in [-0.4, -0.2) is 22.5 Å². The first-order valence-corrected chi connectivity index (χ1v) is 4.66. The second-order valence-corrected chi connectivity index (χ2v) is 3.49. The summed E-state index contributed by atoms with van der Waals surface area (Å²) < 4.78 is 0. The molecule has 1 aromatic rings. The second kappa shape index (κ2) is 4.23. The van der Waals surface area contributed by atoms with E-state index in [1.165, 1.54) is 23.9 Å². The van der Waals surface area contributed by atoms with Crippen LogP contribution in [0.2, 0.25) is 0 Å². The molecule has 0 saturated heterocycles. The van der Waals surface area contributed by atoms with Crippen LogP contribution in [0.5, 0.6) is 11.5 Å². The SMILES string of the molecule is [NH3+]CCSc1cc(O)ccc1O. The van der Waals surface area contributed by atoms with Crippen LogP contribution >= 0.6 is 11.8 Å². The van der Waals surface area contributed by atoms with E-state index in [1.807, 2.05) is 0 Å². The maximum atomic E-state index is 9.31. The second-order valence-electron chi connectivity index (χ2n) is 2.35. The molecule has 0 spiro atoms. The van der Waals surface area contributed by atoms with E-state index in [9.17, 15) is 5.11 Å². The molecular formula is C8H12NO2S+. The Morgan fingerprint density at radius 1 is 1.33 bits per heavy atom. The summed E-state index contributed by atoms with van der Waals surface area (Å²) in [5, 5.41) is 18.4. The van der Waals surface area contributed by atoms with E-state index in [2.05, 4.69) is 5.73 Å². The minimum Gasteiger partial charge on any atom is -0.508 e. The van der Waals surface area contributed by atoms with Gasteiger partial charge in [-0.15, -0.1) is 11.8 Å². The lowest BCUT2D eigenvalue weighted by molar-refractivity contribution is -0.360. The van der Waals surface area contributed by atoms with Crippen LogP contribution in [0, 0.1) is 0 Å². The standard InChI is InChI=1S/C8H11NO2S/c9-3-4-12-8-5-6(10)1-2-7(8)11/h1-2,5,10-11H,3-4,9H2/p+1. The zero-order chi connectivity index (χ0) is 8.97. The first-order chi connectivity index (χ1) is 5.74. The summed E-state index contributed by atoms with van der Waals surface area (Å²) in [6, 6.07) is 4.50. The van der Waals surface area contributed by atoms with Gasteiger partial charge in [-0.05, 0) is 18.2 Å². The van der Waals surface area contributed by atoms with Gasteiger partial charge in [0, 0.05) is 5.75 Å². The van der Waals surface area contributed by atoms with Gasteiger partial charge in [0.1, 0.15) is 11.5 Å². The monoisotopic (exact) mass is 186 g/mol. The van der Waals surface area contributed by atoms with Crippen molar-refractivity contribution in [2.75, 3.05) is 12.3 Å². The number of benzene rings is 1. The first kappa shape index (κ1) is 9.22. The molecule has 0 saturated carbocycles. The van der Waals surface area contributed by atoms with Crippen molar-refractivity contribution in [3.8, 4) is 11.5 Å². The molecule has 0 aliphatic carbocycles. The summed E-state index contributed by atoms with van der Waals surface area (Å²) in [4.78, 5) is 0.707. The van der Waals surface area contributed by atoms with Crippen molar-refractivity contribution in [1.82, 2.24) is 0 Å². The molecule has 0 fully saturated rings. The maximum Gasteiger partial charge on any atom is 0.129 e. The van der Waals surface area contributed by atoms with Crippen LogP contribution in [-0.2, 0) is 0 Å². The van der Waals surface area contributed by atoms with E-state index in [1.54, 1.807) is 6.07 Å². The molecule has 0 radical (unpaired) electrons. The molecule has 0 unspecified atom stereocenters. The smallest absolute Gasteiger partial charge is 0.129 e. The molecule has 1 rings (SSSR count). The number of phenols is 2. The number of rotatable bonds is 3. The van der Waals surface area contributed by atoms with E-state index >= 15 is 0 Å². The van der Waals surface area contributed by atoms with Gasteiger partial charge >= 0.3 is 0 Å². The zero-order valence-corrected chi connectivity index (χ0v) is 7.47. The van der Waals surface area contributed by atoms with E-state index in [4.69, 9.17) is 5.11 Å². The average Bonchev–Trinajstić information content (AvgIpc) is 2.07. The van der Waals surface area contributed by atoms with Crippen LogP contribution in [0.3, 0.4) is 0 Å². The molecule has 0 atom stereocenters. The van der Waals surface area contributed by atoms with Crippen LogP contribution in [0.4, 0.5) is 0 Å². The Hall–Kier alpha value is -0.870. The number of aromatic hydroxyl groups is 2. The van der Waals surface area contributed by atoms with Crippen LogP contribution < -0.4 is 5.73 Å². The molecule has 0 heterocycles. The topological polar surface area (TPSA) is 68.1 Å². The highest BCUT2D eigenvalue weighted by Gasteiger charge is 2.02. The third-order valence-electron chi connectivity index (χ3n) is 1.35.